The number of ketones is 1. The van der Waals surface area contributed by atoms with Gasteiger partial charge in [-0.05, 0) is 54.4 Å². The first-order chi connectivity index (χ1) is 16.8. The highest BCUT2D eigenvalue weighted by Gasteiger charge is 2.47. The Morgan fingerprint density at radius 1 is 0.914 bits per heavy atom. The van der Waals surface area contributed by atoms with Crippen molar-refractivity contribution in [2.75, 3.05) is 26.2 Å². The molecule has 1 heterocycles. The van der Waals surface area contributed by atoms with E-state index >= 15 is 0 Å². The van der Waals surface area contributed by atoms with Crippen molar-refractivity contribution in [3.63, 3.8) is 0 Å². The van der Waals surface area contributed by atoms with Crippen molar-refractivity contribution in [3.8, 4) is 17.2 Å². The molecule has 0 spiro atoms. The Morgan fingerprint density at radius 2 is 1.54 bits per heavy atom. The summed E-state index contributed by atoms with van der Waals surface area (Å²) in [7, 11) is 4.43. The van der Waals surface area contributed by atoms with E-state index in [1.165, 1.54) is 19.1 Å². The fourth-order valence-electron chi connectivity index (χ4n) is 4.15. The molecule has 1 N–H and O–H groups in total. The first kappa shape index (κ1) is 24.2. The number of aliphatic hydroxyl groups is 1. The molecule has 180 valence electrons. The number of Topliss-reactive ketones (excluding diaryl/α,β-unsaturated/α-hetero) is 1. The molecule has 1 amide bonds. The van der Waals surface area contributed by atoms with Gasteiger partial charge in [-0.25, -0.2) is 0 Å². The number of methoxy groups -OCH3 is 3. The van der Waals surface area contributed by atoms with Gasteiger partial charge in [0.05, 0.1) is 32.9 Å². The summed E-state index contributed by atoms with van der Waals surface area (Å²) < 4.78 is 16.1. The first-order valence-corrected chi connectivity index (χ1v) is 11.1. The van der Waals surface area contributed by atoms with Crippen LogP contribution in [-0.4, -0.2) is 38.1 Å². The van der Waals surface area contributed by atoms with Crippen LogP contribution < -0.4 is 19.1 Å². The summed E-state index contributed by atoms with van der Waals surface area (Å²) in [6.45, 7) is 1.84. The molecule has 0 aromatic heterocycles. The number of hydrogen-bond acceptors (Lipinski definition) is 6. The average molecular weight is 494 g/mol. The molecule has 1 atom stereocenters. The number of anilines is 1. The average Bonchev–Trinajstić information content (AvgIpc) is 3.15. The van der Waals surface area contributed by atoms with Crippen LogP contribution in [0.2, 0.25) is 5.02 Å². The van der Waals surface area contributed by atoms with E-state index in [-0.39, 0.29) is 11.1 Å². The van der Waals surface area contributed by atoms with Crippen LogP contribution >= 0.6 is 11.6 Å². The summed E-state index contributed by atoms with van der Waals surface area (Å²) in [5, 5.41) is 11.9. The van der Waals surface area contributed by atoms with E-state index in [4.69, 9.17) is 25.8 Å². The van der Waals surface area contributed by atoms with E-state index in [1.54, 1.807) is 67.8 Å². The lowest BCUT2D eigenvalue weighted by Crippen LogP contribution is -2.29. The molecule has 0 saturated carbocycles. The molecule has 0 aliphatic carbocycles. The van der Waals surface area contributed by atoms with Crippen LogP contribution in [0.1, 0.15) is 22.7 Å². The second-order valence-corrected chi connectivity index (χ2v) is 8.32. The highest BCUT2D eigenvalue weighted by atomic mass is 35.5. The maximum Gasteiger partial charge on any atom is 0.300 e. The van der Waals surface area contributed by atoms with Crippen LogP contribution in [-0.2, 0) is 9.59 Å². The SMILES string of the molecule is COc1ccc(C2/C(=C(\O)c3c(OC)cccc3OC)C(=O)C(=O)N2c2ccc(C)c(Cl)c2)cc1. The van der Waals surface area contributed by atoms with E-state index in [0.29, 0.717) is 33.5 Å². The van der Waals surface area contributed by atoms with E-state index < -0.39 is 23.5 Å². The third-order valence-corrected chi connectivity index (χ3v) is 6.38. The summed E-state index contributed by atoms with van der Waals surface area (Å²) in [6.07, 6.45) is 0. The molecule has 1 aliphatic heterocycles. The lowest BCUT2D eigenvalue weighted by atomic mass is 9.94. The standard InChI is InChI=1S/C27H24ClNO6/c1-15-8-11-17(14-19(15)28)29-24(16-9-12-18(33-2)13-10-16)23(26(31)27(29)32)25(30)22-20(34-3)6-5-7-21(22)35-4/h5-14,24,30H,1-4H3/b25-23+. The quantitative estimate of drug-likeness (QED) is 0.285. The van der Waals surface area contributed by atoms with Gasteiger partial charge in [0, 0.05) is 10.7 Å². The van der Waals surface area contributed by atoms with Crippen LogP contribution in [0.25, 0.3) is 5.76 Å². The first-order valence-electron chi connectivity index (χ1n) is 10.7. The molecule has 3 aromatic carbocycles. The van der Waals surface area contributed by atoms with Gasteiger partial charge in [0.15, 0.2) is 0 Å². The van der Waals surface area contributed by atoms with Gasteiger partial charge in [0.2, 0.25) is 0 Å². The van der Waals surface area contributed by atoms with Gasteiger partial charge in [0.1, 0.15) is 28.6 Å². The number of amides is 1. The molecule has 1 aliphatic rings. The fourth-order valence-corrected chi connectivity index (χ4v) is 4.33. The topological polar surface area (TPSA) is 85.3 Å². The van der Waals surface area contributed by atoms with Crippen molar-refractivity contribution in [2.24, 2.45) is 0 Å². The monoisotopic (exact) mass is 493 g/mol. The number of rotatable bonds is 6. The molecular formula is C27H24ClNO6. The Morgan fingerprint density at radius 3 is 2.09 bits per heavy atom. The van der Waals surface area contributed by atoms with E-state index in [2.05, 4.69) is 0 Å². The predicted octanol–water partition coefficient (Wildman–Crippen LogP) is 5.30. The number of benzene rings is 3. The lowest BCUT2D eigenvalue weighted by Gasteiger charge is -2.26. The van der Waals surface area contributed by atoms with Crippen LogP contribution in [0.15, 0.2) is 66.2 Å². The van der Waals surface area contributed by atoms with Crippen molar-refractivity contribution in [1.29, 1.82) is 0 Å². The molecule has 3 aromatic rings. The number of halogens is 1. The van der Waals surface area contributed by atoms with Crippen molar-refractivity contribution in [3.05, 3.63) is 87.9 Å². The third kappa shape index (κ3) is 4.19. The second-order valence-electron chi connectivity index (χ2n) is 7.91. The van der Waals surface area contributed by atoms with Crippen LogP contribution in [0.4, 0.5) is 5.69 Å². The van der Waals surface area contributed by atoms with Gasteiger partial charge >= 0.3 is 0 Å². The molecule has 0 radical (unpaired) electrons. The Bertz CT molecular complexity index is 1310. The zero-order valence-corrected chi connectivity index (χ0v) is 20.4. The Kier molecular flexibility index (Phi) is 6.71. The van der Waals surface area contributed by atoms with Gasteiger partial charge in [-0.2, -0.15) is 0 Å². The predicted molar refractivity (Wildman–Crippen MR) is 134 cm³/mol. The molecule has 7 nitrogen and oxygen atoms in total. The number of ether oxygens (including phenoxy) is 3. The fraction of sp³-hybridized carbons (Fsp3) is 0.185. The maximum atomic E-state index is 13.4. The molecule has 8 heteroatoms. The molecule has 35 heavy (non-hydrogen) atoms. The van der Waals surface area contributed by atoms with Crippen molar-refractivity contribution in [2.45, 2.75) is 13.0 Å². The van der Waals surface area contributed by atoms with Crippen molar-refractivity contribution < 1.29 is 28.9 Å². The van der Waals surface area contributed by atoms with Gasteiger partial charge in [-0.3, -0.25) is 14.5 Å². The van der Waals surface area contributed by atoms with E-state index in [9.17, 15) is 14.7 Å². The van der Waals surface area contributed by atoms with Crippen LogP contribution in [0.5, 0.6) is 17.2 Å². The minimum atomic E-state index is -0.936. The zero-order valence-electron chi connectivity index (χ0n) is 19.7. The highest BCUT2D eigenvalue weighted by Crippen LogP contribution is 2.45. The second kappa shape index (κ2) is 9.72. The summed E-state index contributed by atoms with van der Waals surface area (Å²) in [5.41, 5.74) is 1.93. The zero-order chi connectivity index (χ0) is 25.3. The van der Waals surface area contributed by atoms with Crippen LogP contribution in [0.3, 0.4) is 0 Å². The Labute approximate surface area is 208 Å². The van der Waals surface area contributed by atoms with Gasteiger partial charge in [0.25, 0.3) is 11.7 Å². The molecule has 1 saturated heterocycles. The number of carbonyl (C=O) groups is 2. The van der Waals surface area contributed by atoms with Gasteiger partial charge in [-0.15, -0.1) is 0 Å². The largest absolute Gasteiger partial charge is 0.506 e. The maximum absolute atomic E-state index is 13.4. The molecule has 4 rings (SSSR count). The normalized spacial score (nSPS) is 16.9. The van der Waals surface area contributed by atoms with E-state index in [1.807, 2.05) is 6.92 Å². The third-order valence-electron chi connectivity index (χ3n) is 5.97. The number of aryl methyl sites for hydroxylation is 1. The molecular weight excluding hydrogens is 470 g/mol. The number of aliphatic hydroxyl groups excluding tert-OH is 1. The molecule has 0 bridgehead atoms. The van der Waals surface area contributed by atoms with Crippen LogP contribution in [0, 0.1) is 6.92 Å². The Hall–Kier alpha value is -3.97. The molecule has 1 fully saturated rings. The number of hydrogen-bond donors (Lipinski definition) is 1. The van der Waals surface area contributed by atoms with Crippen molar-refractivity contribution in [1.82, 2.24) is 0 Å². The molecule has 1 unspecified atom stereocenters. The summed E-state index contributed by atoms with van der Waals surface area (Å²) in [4.78, 5) is 28.1. The number of nitrogens with zero attached hydrogens (tertiary/aromatic N) is 1. The number of carbonyl (C=O) groups excluding carboxylic acids is 2. The lowest BCUT2D eigenvalue weighted by molar-refractivity contribution is -0.132. The van der Waals surface area contributed by atoms with Gasteiger partial charge in [-0.1, -0.05) is 35.9 Å². The van der Waals surface area contributed by atoms with E-state index in [0.717, 1.165) is 5.56 Å². The van der Waals surface area contributed by atoms with Crippen molar-refractivity contribution >= 4 is 34.7 Å². The minimum absolute atomic E-state index is 0.0975. The summed E-state index contributed by atoms with van der Waals surface area (Å²) in [6, 6.07) is 16.1. The Balaban J connectivity index is 2.01. The van der Waals surface area contributed by atoms with Gasteiger partial charge < -0.3 is 19.3 Å². The smallest absolute Gasteiger partial charge is 0.300 e. The minimum Gasteiger partial charge on any atom is -0.506 e. The summed E-state index contributed by atoms with van der Waals surface area (Å²) in [5.74, 6) is -0.844. The summed E-state index contributed by atoms with van der Waals surface area (Å²) >= 11 is 6.35. The highest BCUT2D eigenvalue weighted by molar-refractivity contribution is 6.52.